The lowest BCUT2D eigenvalue weighted by Gasteiger charge is -2.32. The van der Waals surface area contributed by atoms with E-state index >= 15 is 0 Å². The Morgan fingerprint density at radius 2 is 2.14 bits per heavy atom. The molecule has 124 valence electrons. The van der Waals surface area contributed by atoms with Gasteiger partial charge in [-0.3, -0.25) is 0 Å². The number of benzene rings is 1. The van der Waals surface area contributed by atoms with Crippen LogP contribution in [0.1, 0.15) is 25.3 Å². The lowest BCUT2D eigenvalue weighted by Crippen LogP contribution is -2.41. The first-order valence-corrected chi connectivity index (χ1v) is 9.15. The molecule has 22 heavy (non-hydrogen) atoms. The fraction of sp³-hybridized carbons (Fsp3) is 0.625. The van der Waals surface area contributed by atoms with Crippen molar-refractivity contribution in [1.82, 2.24) is 4.31 Å². The van der Waals surface area contributed by atoms with E-state index in [0.29, 0.717) is 32.1 Å². The van der Waals surface area contributed by atoms with Crippen molar-refractivity contribution in [3.8, 4) is 5.75 Å². The highest BCUT2D eigenvalue weighted by Gasteiger charge is 2.32. The minimum absolute atomic E-state index is 0.257. The van der Waals surface area contributed by atoms with Gasteiger partial charge in [0.05, 0.1) is 13.7 Å². The highest BCUT2D eigenvalue weighted by molar-refractivity contribution is 7.89. The third-order valence-electron chi connectivity index (χ3n) is 3.98. The predicted molar refractivity (Wildman–Crippen MR) is 85.7 cm³/mol. The topological polar surface area (TPSA) is 55.8 Å². The van der Waals surface area contributed by atoms with Crippen LogP contribution in [0.15, 0.2) is 23.1 Å². The van der Waals surface area contributed by atoms with Gasteiger partial charge in [-0.15, -0.1) is 0 Å². The van der Waals surface area contributed by atoms with Crippen LogP contribution in [0.25, 0.3) is 0 Å². The number of methoxy groups -OCH3 is 1. The first-order chi connectivity index (χ1) is 10.5. The molecule has 0 aromatic heterocycles. The molecule has 6 heteroatoms. The molecule has 5 nitrogen and oxygen atoms in total. The maximum atomic E-state index is 12.9. The van der Waals surface area contributed by atoms with Crippen LogP contribution in [0.3, 0.4) is 0 Å². The Hall–Kier alpha value is -1.11. The zero-order valence-electron chi connectivity index (χ0n) is 13.5. The minimum atomic E-state index is -3.53. The van der Waals surface area contributed by atoms with E-state index in [-0.39, 0.29) is 10.8 Å². The fourth-order valence-corrected chi connectivity index (χ4v) is 4.59. The number of piperidine rings is 1. The number of rotatable bonds is 6. The van der Waals surface area contributed by atoms with Gasteiger partial charge in [-0.05, 0) is 50.3 Å². The van der Waals surface area contributed by atoms with Gasteiger partial charge in [0.25, 0.3) is 0 Å². The summed E-state index contributed by atoms with van der Waals surface area (Å²) in [6.45, 7) is 6.19. The molecule has 2 rings (SSSR count). The summed E-state index contributed by atoms with van der Waals surface area (Å²) in [6, 6.07) is 5.25. The van der Waals surface area contributed by atoms with Gasteiger partial charge in [-0.2, -0.15) is 4.31 Å². The SMILES string of the molecule is CCOCC1CCCN(S(=O)(=O)c2cc(C)ccc2OC)C1. The van der Waals surface area contributed by atoms with Crippen LogP contribution >= 0.6 is 0 Å². The molecule has 1 aliphatic heterocycles. The molecular weight excluding hydrogens is 302 g/mol. The normalized spacial score (nSPS) is 20.0. The number of sulfonamides is 1. The zero-order valence-corrected chi connectivity index (χ0v) is 14.4. The molecule has 0 aliphatic carbocycles. The van der Waals surface area contributed by atoms with Gasteiger partial charge in [0.2, 0.25) is 10.0 Å². The summed E-state index contributed by atoms with van der Waals surface area (Å²) in [5.41, 5.74) is 0.905. The average Bonchev–Trinajstić information content (AvgIpc) is 2.53. The van der Waals surface area contributed by atoms with E-state index in [1.165, 1.54) is 7.11 Å². The molecule has 0 radical (unpaired) electrons. The molecule has 1 atom stereocenters. The average molecular weight is 327 g/mol. The van der Waals surface area contributed by atoms with Crippen molar-refractivity contribution in [2.75, 3.05) is 33.4 Å². The Morgan fingerprint density at radius 1 is 1.36 bits per heavy atom. The molecule has 1 aliphatic rings. The van der Waals surface area contributed by atoms with Gasteiger partial charge in [-0.25, -0.2) is 8.42 Å². The smallest absolute Gasteiger partial charge is 0.246 e. The number of nitrogens with zero attached hydrogens (tertiary/aromatic N) is 1. The van der Waals surface area contributed by atoms with Gasteiger partial charge in [0.15, 0.2) is 0 Å². The van der Waals surface area contributed by atoms with Crippen molar-refractivity contribution in [3.05, 3.63) is 23.8 Å². The van der Waals surface area contributed by atoms with Gasteiger partial charge >= 0.3 is 0 Å². The third-order valence-corrected chi connectivity index (χ3v) is 5.86. The molecule has 1 saturated heterocycles. The second-order valence-electron chi connectivity index (χ2n) is 5.69. The van der Waals surface area contributed by atoms with Crippen molar-refractivity contribution in [2.24, 2.45) is 5.92 Å². The van der Waals surface area contributed by atoms with Crippen molar-refractivity contribution >= 4 is 10.0 Å². The van der Waals surface area contributed by atoms with Gasteiger partial charge in [0.1, 0.15) is 10.6 Å². The van der Waals surface area contributed by atoms with E-state index in [2.05, 4.69) is 0 Å². The number of hydrogen-bond donors (Lipinski definition) is 0. The quantitative estimate of drug-likeness (QED) is 0.805. The summed E-state index contributed by atoms with van der Waals surface area (Å²) >= 11 is 0. The Labute approximate surface area is 133 Å². The van der Waals surface area contributed by atoms with E-state index in [1.807, 2.05) is 19.9 Å². The Bertz CT molecular complexity index is 600. The standard InChI is InChI=1S/C16H25NO4S/c1-4-21-12-14-6-5-9-17(11-14)22(18,19)16-10-13(2)7-8-15(16)20-3/h7-8,10,14H,4-6,9,11-12H2,1-3H3. The summed E-state index contributed by atoms with van der Waals surface area (Å²) in [5.74, 6) is 0.664. The highest BCUT2D eigenvalue weighted by atomic mass is 32.2. The van der Waals surface area contributed by atoms with Crippen LogP contribution in [0.4, 0.5) is 0 Å². The molecule has 0 spiro atoms. The van der Waals surface area contributed by atoms with Crippen LogP contribution in [-0.2, 0) is 14.8 Å². The molecule has 1 aromatic carbocycles. The molecule has 1 fully saturated rings. The molecule has 0 N–H and O–H groups in total. The molecule has 1 unspecified atom stereocenters. The summed E-state index contributed by atoms with van der Waals surface area (Å²) < 4.78 is 38.2. The van der Waals surface area contributed by atoms with Gasteiger partial charge < -0.3 is 9.47 Å². The van der Waals surface area contributed by atoms with Crippen molar-refractivity contribution in [1.29, 1.82) is 0 Å². The van der Waals surface area contributed by atoms with Crippen LogP contribution in [0.2, 0.25) is 0 Å². The van der Waals surface area contributed by atoms with Crippen molar-refractivity contribution in [3.63, 3.8) is 0 Å². The largest absolute Gasteiger partial charge is 0.495 e. The van der Waals surface area contributed by atoms with Gasteiger partial charge in [0, 0.05) is 19.7 Å². The van der Waals surface area contributed by atoms with Crippen molar-refractivity contribution < 1.29 is 17.9 Å². The van der Waals surface area contributed by atoms with Gasteiger partial charge in [-0.1, -0.05) is 6.07 Å². The molecule has 1 aromatic rings. The van der Waals surface area contributed by atoms with Crippen LogP contribution in [0, 0.1) is 12.8 Å². The van der Waals surface area contributed by atoms with E-state index < -0.39 is 10.0 Å². The Morgan fingerprint density at radius 3 is 2.82 bits per heavy atom. The number of ether oxygens (including phenoxy) is 2. The summed E-state index contributed by atoms with van der Waals surface area (Å²) in [4.78, 5) is 0.257. The molecule has 0 saturated carbocycles. The number of hydrogen-bond acceptors (Lipinski definition) is 4. The van der Waals surface area contributed by atoms with E-state index in [1.54, 1.807) is 16.4 Å². The Balaban J connectivity index is 2.24. The van der Waals surface area contributed by atoms with Crippen LogP contribution < -0.4 is 4.74 Å². The van der Waals surface area contributed by atoms with Crippen molar-refractivity contribution in [2.45, 2.75) is 31.6 Å². The molecular formula is C16H25NO4S. The zero-order chi connectivity index (χ0) is 16.2. The predicted octanol–water partition coefficient (Wildman–Crippen LogP) is 2.44. The third kappa shape index (κ3) is 3.80. The minimum Gasteiger partial charge on any atom is -0.495 e. The second-order valence-corrected chi connectivity index (χ2v) is 7.59. The first kappa shape index (κ1) is 17.2. The molecule has 1 heterocycles. The molecule has 0 amide bonds. The van der Waals surface area contributed by atoms with E-state index in [4.69, 9.17) is 9.47 Å². The highest BCUT2D eigenvalue weighted by Crippen LogP contribution is 2.30. The number of aryl methyl sites for hydroxylation is 1. The maximum absolute atomic E-state index is 12.9. The summed E-state index contributed by atoms with van der Waals surface area (Å²) in [5, 5.41) is 0. The van der Waals surface area contributed by atoms with Crippen LogP contribution in [-0.4, -0.2) is 46.1 Å². The monoisotopic (exact) mass is 327 g/mol. The first-order valence-electron chi connectivity index (χ1n) is 7.71. The maximum Gasteiger partial charge on any atom is 0.246 e. The molecule has 0 bridgehead atoms. The summed E-state index contributed by atoms with van der Waals surface area (Å²) in [7, 11) is -2.03. The van der Waals surface area contributed by atoms with E-state index in [9.17, 15) is 8.42 Å². The fourth-order valence-electron chi connectivity index (χ4n) is 2.79. The second kappa shape index (κ2) is 7.44. The van der Waals surface area contributed by atoms with Crippen LogP contribution in [0.5, 0.6) is 5.75 Å². The lowest BCUT2D eigenvalue weighted by atomic mass is 10.0. The lowest BCUT2D eigenvalue weighted by molar-refractivity contribution is 0.0864. The Kier molecular flexibility index (Phi) is 5.83. The van der Waals surface area contributed by atoms with E-state index in [0.717, 1.165) is 18.4 Å². The summed E-state index contributed by atoms with van der Waals surface area (Å²) in [6.07, 6.45) is 1.88.